The maximum Gasteiger partial charge on any atom is 0.163 e. The second kappa shape index (κ2) is 2.79. The van der Waals surface area contributed by atoms with Gasteiger partial charge < -0.3 is 5.73 Å². The molecule has 0 atom stereocenters. The van der Waals surface area contributed by atoms with E-state index < -0.39 is 0 Å². The molecule has 0 bridgehead atoms. The average molecular weight is 104 g/mol. The van der Waals surface area contributed by atoms with Gasteiger partial charge in [-0.15, -0.1) is 0 Å². The molecule has 0 aromatic heterocycles. The largest absolute Gasteiger partial charge is 0.387 e. The van der Waals surface area contributed by atoms with Gasteiger partial charge in [0, 0.05) is 0 Å². The van der Waals surface area contributed by atoms with E-state index >= 15 is 0 Å². The summed E-state index contributed by atoms with van der Waals surface area (Å²) in [5, 5.41) is 6.47. The van der Waals surface area contributed by atoms with Crippen molar-refractivity contribution in [3.63, 3.8) is 0 Å². The molecule has 0 fully saturated rings. The molecule has 0 saturated heterocycles. The molecule has 3 nitrogen and oxygen atoms in total. The van der Waals surface area contributed by atoms with Gasteiger partial charge >= 0.3 is 0 Å². The molecule has 0 aliphatic carbocycles. The third-order valence-corrected chi connectivity index (χ3v) is 0.705. The van der Waals surface area contributed by atoms with E-state index in [1.54, 1.807) is 0 Å². The van der Waals surface area contributed by atoms with E-state index in [1.165, 1.54) is 0 Å². The molecule has 0 aliphatic heterocycles. The summed E-state index contributed by atoms with van der Waals surface area (Å²) >= 11 is 0. The molecule has 0 radical (unpaired) electrons. The van der Waals surface area contributed by atoms with Crippen molar-refractivity contribution in [1.29, 1.82) is 5.41 Å². The van der Waals surface area contributed by atoms with Crippen LogP contribution in [0.25, 0.3) is 0 Å². The Hall–Kier alpha value is -0.430. The van der Waals surface area contributed by atoms with Gasteiger partial charge in [0.1, 0.15) is 5.84 Å². The number of nitrogens with one attached hydrogen (secondary N) is 1. The Balaban J connectivity index is 3.05. The quantitative estimate of drug-likeness (QED) is 0.299. The van der Waals surface area contributed by atoms with Gasteiger partial charge in [0.15, 0.2) is 8.46 Å². The van der Waals surface area contributed by atoms with E-state index in [-0.39, 0.29) is 20.5 Å². The van der Waals surface area contributed by atoms with E-state index in [2.05, 4.69) is 0 Å². The fourth-order valence-corrected chi connectivity index (χ4v) is 0.209. The van der Waals surface area contributed by atoms with Gasteiger partial charge in [-0.1, -0.05) is 0 Å². The van der Waals surface area contributed by atoms with Crippen LogP contribution < -0.4 is 5.73 Å². The molecule has 0 aliphatic rings. The van der Waals surface area contributed by atoms with Crippen LogP contribution in [0.5, 0.6) is 0 Å². The van der Waals surface area contributed by atoms with Crippen LogP contribution in [-0.2, 0) is 4.57 Å². The van der Waals surface area contributed by atoms with E-state index in [4.69, 9.17) is 11.1 Å². The first kappa shape index (κ1) is 5.57. The third kappa shape index (κ3) is 3.57. The minimum atomic E-state index is -0.0756. The van der Waals surface area contributed by atoms with Crippen molar-refractivity contribution >= 4 is 14.3 Å². The van der Waals surface area contributed by atoms with Gasteiger partial charge in [-0.2, -0.15) is 0 Å². The highest BCUT2D eigenvalue weighted by Gasteiger charge is 1.80. The lowest BCUT2D eigenvalue weighted by molar-refractivity contribution is 0.600. The summed E-state index contributed by atoms with van der Waals surface area (Å²) in [5.74, 6) is -0.0355. The fourth-order valence-electron chi connectivity index (χ4n) is 0.0695. The Kier molecular flexibility index (Phi) is 2.59. The Morgan fingerprint density at radius 3 is 2.50 bits per heavy atom. The summed E-state index contributed by atoms with van der Waals surface area (Å²) in [6, 6.07) is 0. The van der Waals surface area contributed by atoms with Gasteiger partial charge in [-0.05, 0) is 0 Å². The average Bonchev–Trinajstić information content (AvgIpc) is 1.35. The molecule has 0 aromatic rings. The van der Waals surface area contributed by atoms with Crippen LogP contribution >= 0.6 is 8.46 Å². The summed E-state index contributed by atoms with van der Waals surface area (Å²) in [6.07, 6.45) is 0.153. The fraction of sp³-hybridized carbons (Fsp3) is 0.500. The summed E-state index contributed by atoms with van der Waals surface area (Å²) in [5.41, 5.74) is 4.78. The monoisotopic (exact) mass is 104 g/mol. The van der Waals surface area contributed by atoms with Crippen molar-refractivity contribution in [1.82, 2.24) is 0 Å². The van der Waals surface area contributed by atoms with Gasteiger partial charge in [0.05, 0.1) is 6.16 Å². The standard InChI is InChI=1S/C2H5N2OP/c3-2(4)1-6-5/h1H2,(H3,3,4). The third-order valence-electron chi connectivity index (χ3n) is 0.235. The topological polar surface area (TPSA) is 66.9 Å². The van der Waals surface area contributed by atoms with Crippen molar-refractivity contribution in [3.8, 4) is 0 Å². The van der Waals surface area contributed by atoms with Crippen LogP contribution in [0.4, 0.5) is 0 Å². The van der Waals surface area contributed by atoms with E-state index in [0.717, 1.165) is 0 Å². The van der Waals surface area contributed by atoms with Gasteiger partial charge in [0.2, 0.25) is 0 Å². The lowest BCUT2D eigenvalue weighted by Gasteiger charge is -1.77. The molecule has 4 heteroatoms. The number of rotatable bonds is 2. The van der Waals surface area contributed by atoms with Crippen LogP contribution in [0.2, 0.25) is 0 Å². The number of hydrogen-bond acceptors (Lipinski definition) is 2. The number of amidine groups is 1. The normalized spacial score (nSPS) is 8.67. The van der Waals surface area contributed by atoms with Crippen LogP contribution in [-0.4, -0.2) is 12.0 Å². The zero-order valence-corrected chi connectivity index (χ0v) is 4.03. The van der Waals surface area contributed by atoms with Crippen molar-refractivity contribution in [2.45, 2.75) is 0 Å². The summed E-state index contributed by atoms with van der Waals surface area (Å²) < 4.78 is 9.49. The maximum atomic E-state index is 9.49. The van der Waals surface area contributed by atoms with Crippen LogP contribution in [0.1, 0.15) is 0 Å². The predicted molar refractivity (Wildman–Crippen MR) is 24.4 cm³/mol. The smallest absolute Gasteiger partial charge is 0.163 e. The second-order valence-corrected chi connectivity index (χ2v) is 1.39. The van der Waals surface area contributed by atoms with Crippen LogP contribution in [0.3, 0.4) is 0 Å². The van der Waals surface area contributed by atoms with Crippen molar-refractivity contribution in [3.05, 3.63) is 0 Å². The highest BCUT2D eigenvalue weighted by Crippen LogP contribution is 1.85. The predicted octanol–water partition coefficient (Wildman–Crippen LogP) is 0.214. The molecule has 3 N–H and O–H groups in total. The Morgan fingerprint density at radius 1 is 2.00 bits per heavy atom. The first-order valence-corrected chi connectivity index (χ1v) is 2.39. The maximum absolute atomic E-state index is 9.49. The zero-order valence-electron chi connectivity index (χ0n) is 3.14. The second-order valence-electron chi connectivity index (χ2n) is 0.812. The molecule has 0 saturated carbocycles. The summed E-state index contributed by atoms with van der Waals surface area (Å²) in [6.45, 7) is 0. The Morgan fingerprint density at radius 2 is 2.50 bits per heavy atom. The SMILES string of the molecule is N=C(N)CP=O. The Bertz CT molecular complexity index is 71.9. The van der Waals surface area contributed by atoms with E-state index in [9.17, 15) is 4.57 Å². The number of nitrogens with two attached hydrogens (primary N) is 1. The molecule has 0 heterocycles. The lowest BCUT2D eigenvalue weighted by Crippen LogP contribution is -2.09. The molecule has 0 unspecified atom stereocenters. The molecular weight excluding hydrogens is 99.0 g/mol. The van der Waals surface area contributed by atoms with Crippen molar-refractivity contribution in [2.24, 2.45) is 5.73 Å². The van der Waals surface area contributed by atoms with Gasteiger partial charge in [0.25, 0.3) is 0 Å². The van der Waals surface area contributed by atoms with Crippen molar-refractivity contribution < 1.29 is 4.57 Å². The summed E-state index contributed by atoms with van der Waals surface area (Å²) in [7, 11) is -0.0756. The highest BCUT2D eigenvalue weighted by atomic mass is 31.1. The molecule has 34 valence electrons. The first-order chi connectivity index (χ1) is 2.77. The van der Waals surface area contributed by atoms with Gasteiger partial charge in [-0.3, -0.25) is 9.97 Å². The minimum Gasteiger partial charge on any atom is -0.387 e. The van der Waals surface area contributed by atoms with E-state index in [1.807, 2.05) is 0 Å². The minimum absolute atomic E-state index is 0.0355. The van der Waals surface area contributed by atoms with Crippen molar-refractivity contribution in [2.75, 3.05) is 6.16 Å². The van der Waals surface area contributed by atoms with Crippen LogP contribution in [0.15, 0.2) is 0 Å². The summed E-state index contributed by atoms with van der Waals surface area (Å²) in [4.78, 5) is 0. The van der Waals surface area contributed by atoms with Gasteiger partial charge in [-0.25, -0.2) is 0 Å². The van der Waals surface area contributed by atoms with E-state index in [0.29, 0.717) is 0 Å². The lowest BCUT2D eigenvalue weighted by atomic mass is 10.7. The highest BCUT2D eigenvalue weighted by molar-refractivity contribution is 7.25. The molecule has 0 rings (SSSR count). The molecular formula is C2H5N2OP. The molecule has 0 amide bonds. The zero-order chi connectivity index (χ0) is 4.99. The molecule has 0 aromatic carbocycles. The molecule has 0 spiro atoms. The first-order valence-electron chi connectivity index (χ1n) is 1.39. The Labute approximate surface area is 37.2 Å². The van der Waals surface area contributed by atoms with Crippen LogP contribution in [0, 0.1) is 5.41 Å². The molecule has 6 heavy (non-hydrogen) atoms. The number of hydrogen-bond donors (Lipinski definition) is 2.